The van der Waals surface area contributed by atoms with Crippen LogP contribution in [-0.2, 0) is 6.42 Å². The molecule has 2 unspecified atom stereocenters. The van der Waals surface area contributed by atoms with E-state index in [1.165, 1.54) is 29.5 Å². The average Bonchev–Trinajstić information content (AvgIpc) is 3.56. The van der Waals surface area contributed by atoms with Gasteiger partial charge < -0.3 is 9.88 Å². The van der Waals surface area contributed by atoms with E-state index in [1.807, 2.05) is 10.7 Å². The molecule has 7 nitrogen and oxygen atoms in total. The van der Waals surface area contributed by atoms with Crippen LogP contribution in [0.4, 0.5) is 5.69 Å². The second kappa shape index (κ2) is 8.08. The van der Waals surface area contributed by atoms with Crippen LogP contribution >= 0.6 is 0 Å². The fourth-order valence-corrected chi connectivity index (χ4v) is 5.88. The summed E-state index contributed by atoms with van der Waals surface area (Å²) in [5.74, 6) is 0.754. The quantitative estimate of drug-likeness (QED) is 0.480. The third kappa shape index (κ3) is 3.33. The van der Waals surface area contributed by atoms with Crippen molar-refractivity contribution in [1.82, 2.24) is 25.2 Å². The lowest BCUT2D eigenvalue weighted by Crippen LogP contribution is -2.39. The number of H-pyrrole nitrogens is 1. The number of hydrogen-bond acceptors (Lipinski definition) is 5. The van der Waals surface area contributed by atoms with Gasteiger partial charge in [-0.25, -0.2) is 4.68 Å². The molecule has 1 N–H and O–H groups in total. The summed E-state index contributed by atoms with van der Waals surface area (Å²) in [4.78, 5) is 19.1. The summed E-state index contributed by atoms with van der Waals surface area (Å²) >= 11 is 0. The summed E-state index contributed by atoms with van der Waals surface area (Å²) in [6, 6.07) is 14.9. The molecular weight excluding hydrogens is 424 g/mol. The number of para-hydroxylation sites is 1. The van der Waals surface area contributed by atoms with Gasteiger partial charge >= 0.3 is 0 Å². The Morgan fingerprint density at radius 3 is 2.65 bits per heavy atom. The van der Waals surface area contributed by atoms with Crippen molar-refractivity contribution in [3.8, 4) is 0 Å². The number of nitrogens with zero attached hydrogens (tertiary/aromatic N) is 5. The largest absolute Gasteiger partial charge is 0.354 e. The van der Waals surface area contributed by atoms with Crippen molar-refractivity contribution in [2.75, 3.05) is 4.90 Å². The fourth-order valence-electron chi connectivity index (χ4n) is 5.88. The third-order valence-corrected chi connectivity index (χ3v) is 7.75. The summed E-state index contributed by atoms with van der Waals surface area (Å²) in [6.45, 7) is 6.40. The molecule has 0 bridgehead atoms. The zero-order valence-corrected chi connectivity index (χ0v) is 20.0. The lowest BCUT2D eigenvalue weighted by Gasteiger charge is -2.34. The number of anilines is 1. The minimum Gasteiger partial charge on any atom is -0.354 e. The molecule has 2 aromatic heterocycles. The van der Waals surface area contributed by atoms with E-state index in [9.17, 15) is 4.79 Å². The van der Waals surface area contributed by atoms with Crippen LogP contribution in [0.3, 0.4) is 0 Å². The average molecular weight is 455 g/mol. The molecule has 174 valence electrons. The van der Waals surface area contributed by atoms with Crippen LogP contribution in [0.25, 0.3) is 10.9 Å². The molecule has 4 aromatic rings. The van der Waals surface area contributed by atoms with Gasteiger partial charge in [0.15, 0.2) is 5.82 Å². The number of hydrogen-bond donors (Lipinski definition) is 1. The first kappa shape index (κ1) is 21.1. The van der Waals surface area contributed by atoms with Crippen molar-refractivity contribution >= 4 is 16.6 Å². The maximum absolute atomic E-state index is 13.6. The maximum atomic E-state index is 13.6. The van der Waals surface area contributed by atoms with Crippen molar-refractivity contribution in [2.24, 2.45) is 0 Å². The molecule has 1 saturated carbocycles. The van der Waals surface area contributed by atoms with Crippen molar-refractivity contribution in [3.05, 3.63) is 80.9 Å². The van der Waals surface area contributed by atoms with Gasteiger partial charge in [0, 0.05) is 22.8 Å². The number of benzene rings is 2. The van der Waals surface area contributed by atoms with E-state index in [0.29, 0.717) is 5.56 Å². The Morgan fingerprint density at radius 2 is 1.82 bits per heavy atom. The van der Waals surface area contributed by atoms with Crippen LogP contribution in [0.1, 0.15) is 72.8 Å². The molecule has 3 heterocycles. The number of tetrazole rings is 1. The highest BCUT2D eigenvalue weighted by Gasteiger charge is 2.39. The standard InChI is InChI=1S/C27H30N6O/c1-16-12-20-15-22(27(34)28-23(20)13-17(16)2)25(26-29-30-31-33(26)21-9-5-6-10-21)32-18(3)14-19-8-4-7-11-24(19)32/h4,7-8,11-13,15,18,21,25H,5-6,9-10,14H2,1-3H3,(H,28,34). The van der Waals surface area contributed by atoms with E-state index in [2.05, 4.69) is 82.6 Å². The zero-order valence-electron chi connectivity index (χ0n) is 20.0. The first-order valence-corrected chi connectivity index (χ1v) is 12.3. The molecule has 0 spiro atoms. The lowest BCUT2D eigenvalue weighted by atomic mass is 10.00. The van der Waals surface area contributed by atoms with Gasteiger partial charge in [-0.15, -0.1) is 5.10 Å². The van der Waals surface area contributed by atoms with Gasteiger partial charge in [0.1, 0.15) is 6.04 Å². The smallest absolute Gasteiger partial charge is 0.254 e. The minimum atomic E-state index is -0.371. The number of rotatable bonds is 4. The van der Waals surface area contributed by atoms with Gasteiger partial charge in [-0.05, 0) is 96.8 Å². The molecule has 2 aliphatic rings. The molecule has 6 rings (SSSR count). The molecule has 1 aliphatic carbocycles. The number of nitrogens with one attached hydrogen (secondary N) is 1. The fraction of sp³-hybridized carbons (Fsp3) is 0.407. The minimum absolute atomic E-state index is 0.0849. The molecule has 1 aliphatic heterocycles. The van der Waals surface area contributed by atoms with E-state index < -0.39 is 0 Å². The zero-order chi connectivity index (χ0) is 23.4. The van der Waals surface area contributed by atoms with Gasteiger partial charge in [0.25, 0.3) is 5.56 Å². The Kier molecular flexibility index (Phi) is 5.01. The summed E-state index contributed by atoms with van der Waals surface area (Å²) in [5.41, 5.74) is 6.29. The summed E-state index contributed by atoms with van der Waals surface area (Å²) < 4.78 is 2.00. The SMILES string of the molecule is Cc1cc2cc(C(c3nnnn3C3CCCC3)N3c4ccccc4CC3C)c(=O)[nH]c2cc1C. The molecule has 0 saturated heterocycles. The van der Waals surface area contributed by atoms with E-state index in [-0.39, 0.29) is 23.7 Å². The van der Waals surface area contributed by atoms with Crippen molar-refractivity contribution < 1.29 is 0 Å². The molecule has 2 atom stereocenters. The maximum Gasteiger partial charge on any atom is 0.254 e. The topological polar surface area (TPSA) is 79.7 Å². The number of pyridine rings is 1. The molecule has 1 fully saturated rings. The van der Waals surface area contributed by atoms with E-state index in [4.69, 9.17) is 0 Å². The van der Waals surface area contributed by atoms with Crippen LogP contribution in [0.5, 0.6) is 0 Å². The number of aromatic nitrogens is 5. The van der Waals surface area contributed by atoms with Gasteiger partial charge in [-0.1, -0.05) is 31.0 Å². The molecule has 2 aromatic carbocycles. The van der Waals surface area contributed by atoms with Gasteiger partial charge in [0.2, 0.25) is 0 Å². The Morgan fingerprint density at radius 1 is 1.06 bits per heavy atom. The van der Waals surface area contributed by atoms with Crippen molar-refractivity contribution in [3.63, 3.8) is 0 Å². The molecule has 7 heteroatoms. The van der Waals surface area contributed by atoms with E-state index in [1.54, 1.807) is 0 Å². The van der Waals surface area contributed by atoms with Crippen LogP contribution in [-0.4, -0.2) is 31.2 Å². The van der Waals surface area contributed by atoms with E-state index >= 15 is 0 Å². The first-order valence-electron chi connectivity index (χ1n) is 12.3. The predicted octanol–water partition coefficient (Wildman–Crippen LogP) is 4.79. The Bertz CT molecular complexity index is 1430. The monoisotopic (exact) mass is 454 g/mol. The van der Waals surface area contributed by atoms with Crippen LogP contribution < -0.4 is 10.5 Å². The van der Waals surface area contributed by atoms with Crippen LogP contribution in [0, 0.1) is 13.8 Å². The number of aryl methyl sites for hydroxylation is 2. The van der Waals surface area contributed by atoms with Gasteiger partial charge in [0.05, 0.1) is 6.04 Å². The molecular formula is C27H30N6O. The predicted molar refractivity (Wildman–Crippen MR) is 133 cm³/mol. The second-order valence-electron chi connectivity index (χ2n) is 9.99. The van der Waals surface area contributed by atoms with Gasteiger partial charge in [-0.3, -0.25) is 4.79 Å². The Hall–Kier alpha value is -3.48. The number of aromatic amines is 1. The second-order valence-corrected chi connectivity index (χ2v) is 9.99. The highest BCUT2D eigenvalue weighted by atomic mass is 16.1. The number of fused-ring (bicyclic) bond motifs is 2. The third-order valence-electron chi connectivity index (χ3n) is 7.75. The highest BCUT2D eigenvalue weighted by molar-refractivity contribution is 5.81. The first-order chi connectivity index (χ1) is 16.5. The van der Waals surface area contributed by atoms with Crippen LogP contribution in [0.15, 0.2) is 47.3 Å². The summed E-state index contributed by atoms with van der Waals surface area (Å²) in [5, 5.41) is 14.1. The van der Waals surface area contributed by atoms with Crippen molar-refractivity contribution in [2.45, 2.75) is 71.0 Å². The Labute approximate surface area is 198 Å². The highest BCUT2D eigenvalue weighted by Crippen LogP contribution is 2.42. The molecule has 34 heavy (non-hydrogen) atoms. The van der Waals surface area contributed by atoms with Crippen LogP contribution in [0.2, 0.25) is 0 Å². The molecule has 0 amide bonds. The summed E-state index contributed by atoms with van der Waals surface area (Å²) in [7, 11) is 0. The molecule has 0 radical (unpaired) electrons. The normalized spacial score (nSPS) is 19.1. The Balaban J connectivity index is 1.59. The van der Waals surface area contributed by atoms with Gasteiger partial charge in [-0.2, -0.15) is 0 Å². The summed E-state index contributed by atoms with van der Waals surface area (Å²) in [6.07, 6.45) is 5.45. The lowest BCUT2D eigenvalue weighted by molar-refractivity contribution is 0.423. The van der Waals surface area contributed by atoms with E-state index in [0.717, 1.165) is 41.7 Å². The van der Waals surface area contributed by atoms with Crippen molar-refractivity contribution in [1.29, 1.82) is 0 Å².